The molecule has 5 rings (SSSR count). The summed E-state index contributed by atoms with van der Waals surface area (Å²) in [5.41, 5.74) is 6.40. The molecule has 1 amide bonds. The van der Waals surface area contributed by atoms with E-state index in [4.69, 9.17) is 16.9 Å². The van der Waals surface area contributed by atoms with Gasteiger partial charge in [0, 0.05) is 49.5 Å². The van der Waals surface area contributed by atoms with Crippen LogP contribution in [0.15, 0.2) is 79.0 Å². The number of carbonyl (C=O) groups excluding carboxylic acids is 1. The van der Waals surface area contributed by atoms with Crippen molar-refractivity contribution in [1.29, 1.82) is 5.26 Å². The van der Waals surface area contributed by atoms with Crippen molar-refractivity contribution in [2.75, 3.05) is 6.54 Å². The standard InChI is InChI=1S/C31H30ClN5O/c1-22-35-18-29(37(22)20-24-11-9-23(17-33)10-12-24)13-14-34-31(38)30-16-26-6-2-3-7-27(26)21-36(30)19-25-5-4-8-28(32)15-25/h2-12,15,18,30H,13-14,16,19-21H2,1H3,(H,34,38)/t30-/m0/s1. The molecule has 7 heteroatoms. The Bertz CT molecular complexity index is 1470. The van der Waals surface area contributed by atoms with Gasteiger partial charge in [-0.2, -0.15) is 5.26 Å². The summed E-state index contributed by atoms with van der Waals surface area (Å²) in [6.45, 7) is 4.56. The highest BCUT2D eigenvalue weighted by Crippen LogP contribution is 2.26. The second kappa shape index (κ2) is 11.6. The van der Waals surface area contributed by atoms with Crippen LogP contribution < -0.4 is 5.32 Å². The van der Waals surface area contributed by atoms with Gasteiger partial charge in [0.25, 0.3) is 0 Å². The molecule has 0 aliphatic carbocycles. The van der Waals surface area contributed by atoms with Crippen LogP contribution in [0.1, 0.15) is 39.3 Å². The van der Waals surface area contributed by atoms with Crippen molar-refractivity contribution in [3.05, 3.63) is 123 Å². The van der Waals surface area contributed by atoms with Crippen molar-refractivity contribution in [3.63, 3.8) is 0 Å². The monoisotopic (exact) mass is 523 g/mol. The Morgan fingerprint density at radius 2 is 1.84 bits per heavy atom. The zero-order valence-corrected chi connectivity index (χ0v) is 22.2. The molecule has 192 valence electrons. The molecule has 0 saturated heterocycles. The summed E-state index contributed by atoms with van der Waals surface area (Å²) in [4.78, 5) is 20.2. The van der Waals surface area contributed by atoms with E-state index in [-0.39, 0.29) is 11.9 Å². The second-order valence-corrected chi connectivity index (χ2v) is 10.2. The third-order valence-electron chi connectivity index (χ3n) is 7.17. The molecule has 1 N–H and O–H groups in total. The molecule has 1 atom stereocenters. The van der Waals surface area contributed by atoms with Crippen molar-refractivity contribution in [2.45, 2.75) is 45.4 Å². The van der Waals surface area contributed by atoms with E-state index >= 15 is 0 Å². The normalized spacial score (nSPS) is 15.0. The molecule has 0 saturated carbocycles. The summed E-state index contributed by atoms with van der Waals surface area (Å²) in [6.07, 6.45) is 3.24. The number of halogens is 1. The minimum Gasteiger partial charge on any atom is -0.354 e. The van der Waals surface area contributed by atoms with Gasteiger partial charge in [-0.05, 0) is 59.9 Å². The Morgan fingerprint density at radius 1 is 1.05 bits per heavy atom. The molecule has 1 aliphatic heterocycles. The van der Waals surface area contributed by atoms with Gasteiger partial charge in [-0.1, -0.05) is 60.1 Å². The van der Waals surface area contributed by atoms with E-state index in [1.165, 1.54) is 11.1 Å². The lowest BCUT2D eigenvalue weighted by Gasteiger charge is -2.36. The summed E-state index contributed by atoms with van der Waals surface area (Å²) in [6, 6.07) is 25.7. The van der Waals surface area contributed by atoms with Crippen molar-refractivity contribution >= 4 is 17.5 Å². The fraction of sp³-hybridized carbons (Fsp3) is 0.258. The summed E-state index contributed by atoms with van der Waals surface area (Å²) >= 11 is 6.23. The number of rotatable bonds is 8. The zero-order valence-electron chi connectivity index (χ0n) is 21.4. The van der Waals surface area contributed by atoms with Gasteiger partial charge >= 0.3 is 0 Å². The van der Waals surface area contributed by atoms with Gasteiger partial charge < -0.3 is 9.88 Å². The van der Waals surface area contributed by atoms with E-state index in [0.29, 0.717) is 43.1 Å². The van der Waals surface area contributed by atoms with Crippen LogP contribution in [-0.2, 0) is 37.3 Å². The van der Waals surface area contributed by atoms with Crippen molar-refractivity contribution < 1.29 is 4.79 Å². The van der Waals surface area contributed by atoms with Crippen molar-refractivity contribution in [3.8, 4) is 6.07 Å². The first-order chi connectivity index (χ1) is 18.5. The quantitative estimate of drug-likeness (QED) is 0.351. The molecule has 4 aromatic rings. The summed E-state index contributed by atoms with van der Waals surface area (Å²) in [5.74, 6) is 0.962. The summed E-state index contributed by atoms with van der Waals surface area (Å²) in [5, 5.41) is 12.9. The van der Waals surface area contributed by atoms with E-state index < -0.39 is 0 Å². The number of hydrogen-bond donors (Lipinski definition) is 1. The molecule has 6 nitrogen and oxygen atoms in total. The van der Waals surface area contributed by atoms with Crippen molar-refractivity contribution in [2.24, 2.45) is 0 Å². The number of hydrogen-bond acceptors (Lipinski definition) is 4. The van der Waals surface area contributed by atoms with Crippen LogP contribution >= 0.6 is 11.6 Å². The van der Waals surface area contributed by atoms with Crippen molar-refractivity contribution in [1.82, 2.24) is 19.8 Å². The van der Waals surface area contributed by atoms with E-state index in [2.05, 4.69) is 50.1 Å². The number of carbonyl (C=O) groups is 1. The molecule has 38 heavy (non-hydrogen) atoms. The fourth-order valence-electron chi connectivity index (χ4n) is 5.10. The molecule has 0 spiro atoms. The Hall–Kier alpha value is -3.92. The second-order valence-electron chi connectivity index (χ2n) is 9.76. The maximum Gasteiger partial charge on any atom is 0.237 e. The van der Waals surface area contributed by atoms with Gasteiger partial charge in [-0.3, -0.25) is 9.69 Å². The average Bonchev–Trinajstić information content (AvgIpc) is 3.27. The van der Waals surface area contributed by atoms with Crippen LogP contribution in [0.2, 0.25) is 5.02 Å². The molecule has 0 unspecified atom stereocenters. The highest BCUT2D eigenvalue weighted by atomic mass is 35.5. The lowest BCUT2D eigenvalue weighted by Crippen LogP contribution is -2.50. The maximum atomic E-state index is 13.5. The largest absolute Gasteiger partial charge is 0.354 e. The molecule has 2 heterocycles. The number of nitriles is 1. The zero-order chi connectivity index (χ0) is 26.5. The number of fused-ring (bicyclic) bond motifs is 1. The number of nitrogens with zero attached hydrogens (tertiary/aromatic N) is 4. The molecule has 1 aromatic heterocycles. The number of amides is 1. The molecule has 1 aliphatic rings. The van der Waals surface area contributed by atoms with Crippen LogP contribution in [0.4, 0.5) is 0 Å². The number of nitrogens with one attached hydrogen (secondary N) is 1. The smallest absolute Gasteiger partial charge is 0.237 e. The van der Waals surface area contributed by atoms with Crippen LogP contribution in [0.25, 0.3) is 0 Å². The molecule has 3 aromatic carbocycles. The van der Waals surface area contributed by atoms with Gasteiger partial charge in [0.05, 0.1) is 17.7 Å². The highest BCUT2D eigenvalue weighted by Gasteiger charge is 2.31. The van der Waals surface area contributed by atoms with Crippen LogP contribution in [0.3, 0.4) is 0 Å². The lowest BCUT2D eigenvalue weighted by molar-refractivity contribution is -0.127. The average molecular weight is 524 g/mol. The fourth-order valence-corrected chi connectivity index (χ4v) is 5.31. The predicted octanol–water partition coefficient (Wildman–Crippen LogP) is 5.05. The minimum atomic E-state index is -0.255. The van der Waals surface area contributed by atoms with E-state index in [1.807, 2.05) is 61.7 Å². The predicted molar refractivity (Wildman–Crippen MR) is 149 cm³/mol. The van der Waals surface area contributed by atoms with E-state index in [0.717, 1.165) is 29.2 Å². The number of benzene rings is 3. The summed E-state index contributed by atoms with van der Waals surface area (Å²) in [7, 11) is 0. The Labute approximate surface area is 228 Å². The van der Waals surface area contributed by atoms with Gasteiger partial charge in [0.15, 0.2) is 0 Å². The Kier molecular flexibility index (Phi) is 7.88. The molecular weight excluding hydrogens is 494 g/mol. The third-order valence-corrected chi connectivity index (χ3v) is 7.40. The maximum absolute atomic E-state index is 13.5. The third kappa shape index (κ3) is 5.96. The van der Waals surface area contributed by atoms with E-state index in [9.17, 15) is 4.79 Å². The lowest BCUT2D eigenvalue weighted by atomic mass is 9.93. The van der Waals surface area contributed by atoms with Gasteiger partial charge in [0.2, 0.25) is 5.91 Å². The van der Waals surface area contributed by atoms with Gasteiger partial charge in [0.1, 0.15) is 5.82 Å². The molecule has 0 radical (unpaired) electrons. The number of aryl methyl sites for hydroxylation is 1. The molecule has 0 bridgehead atoms. The summed E-state index contributed by atoms with van der Waals surface area (Å²) < 4.78 is 2.16. The minimum absolute atomic E-state index is 0.0383. The van der Waals surface area contributed by atoms with Crippen LogP contribution in [0.5, 0.6) is 0 Å². The first-order valence-corrected chi connectivity index (χ1v) is 13.2. The highest BCUT2D eigenvalue weighted by molar-refractivity contribution is 6.30. The van der Waals surface area contributed by atoms with E-state index in [1.54, 1.807) is 0 Å². The SMILES string of the molecule is Cc1ncc(CCNC(=O)[C@@H]2Cc3ccccc3CN2Cc2cccc(Cl)c2)n1Cc1ccc(C#N)cc1. The molecule has 0 fully saturated rings. The van der Waals surface area contributed by atoms with Crippen LogP contribution in [0, 0.1) is 18.3 Å². The van der Waals surface area contributed by atoms with Crippen LogP contribution in [-0.4, -0.2) is 32.9 Å². The Balaban J connectivity index is 1.25. The number of aromatic nitrogens is 2. The topological polar surface area (TPSA) is 74.0 Å². The first-order valence-electron chi connectivity index (χ1n) is 12.8. The van der Waals surface area contributed by atoms with Gasteiger partial charge in [-0.15, -0.1) is 0 Å². The van der Waals surface area contributed by atoms with Gasteiger partial charge in [-0.25, -0.2) is 4.98 Å². The molecular formula is C31H30ClN5O. The first kappa shape index (κ1) is 25.7. The Morgan fingerprint density at radius 3 is 2.61 bits per heavy atom. The number of imidazole rings is 1.